The van der Waals surface area contributed by atoms with Crippen LogP contribution in [0.25, 0.3) is 10.9 Å². The Bertz CT molecular complexity index is 1060. The number of pyridine rings is 1. The summed E-state index contributed by atoms with van der Waals surface area (Å²) < 4.78 is 16.7. The number of carbonyl (C=O) groups excluding carboxylic acids is 1. The number of fused-ring (bicyclic) bond motifs is 1. The molecule has 8 nitrogen and oxygen atoms in total. The van der Waals surface area contributed by atoms with Crippen LogP contribution in [0, 0.1) is 5.92 Å². The number of hydrogen-bond acceptors (Lipinski definition) is 7. The second kappa shape index (κ2) is 9.75. The summed E-state index contributed by atoms with van der Waals surface area (Å²) in [4.78, 5) is 24.1. The van der Waals surface area contributed by atoms with E-state index in [1.165, 1.54) is 0 Å². The minimum atomic E-state index is -0.208. The first-order valence-electron chi connectivity index (χ1n) is 11.4. The molecule has 2 aliphatic heterocycles. The van der Waals surface area contributed by atoms with Crippen molar-refractivity contribution in [2.75, 3.05) is 33.0 Å². The van der Waals surface area contributed by atoms with Crippen molar-refractivity contribution in [3.63, 3.8) is 0 Å². The van der Waals surface area contributed by atoms with Crippen molar-refractivity contribution in [1.82, 2.24) is 20.0 Å². The van der Waals surface area contributed by atoms with Crippen LogP contribution in [-0.2, 0) is 15.9 Å². The Morgan fingerprint density at radius 3 is 2.88 bits per heavy atom. The lowest BCUT2D eigenvalue weighted by molar-refractivity contribution is 0.0211. The van der Waals surface area contributed by atoms with Gasteiger partial charge < -0.3 is 18.9 Å². The van der Waals surface area contributed by atoms with E-state index in [9.17, 15) is 4.79 Å². The zero-order valence-electron chi connectivity index (χ0n) is 18.1. The second-order valence-electron chi connectivity index (χ2n) is 8.48. The van der Waals surface area contributed by atoms with Crippen molar-refractivity contribution in [3.05, 3.63) is 53.8 Å². The third kappa shape index (κ3) is 4.66. The first-order valence-corrected chi connectivity index (χ1v) is 11.4. The second-order valence-corrected chi connectivity index (χ2v) is 8.48. The average molecular weight is 437 g/mol. The first-order chi connectivity index (χ1) is 15.8. The third-order valence-corrected chi connectivity index (χ3v) is 6.26. The molecule has 1 amide bonds. The van der Waals surface area contributed by atoms with E-state index in [1.807, 2.05) is 30.3 Å². The summed E-state index contributed by atoms with van der Waals surface area (Å²) in [7, 11) is 0. The molecule has 3 aromatic rings. The Kier molecular flexibility index (Phi) is 6.41. The quantitative estimate of drug-likeness (QED) is 0.523. The van der Waals surface area contributed by atoms with Gasteiger partial charge in [0.1, 0.15) is 11.7 Å². The third-order valence-electron chi connectivity index (χ3n) is 6.26. The molecule has 1 unspecified atom stereocenters. The van der Waals surface area contributed by atoms with E-state index in [0.717, 1.165) is 56.4 Å². The highest BCUT2D eigenvalue weighted by Gasteiger charge is 2.35. The van der Waals surface area contributed by atoms with E-state index in [4.69, 9.17) is 14.0 Å². The highest BCUT2D eigenvalue weighted by atomic mass is 16.5. The summed E-state index contributed by atoms with van der Waals surface area (Å²) in [5, 5.41) is 5.13. The molecule has 2 saturated heterocycles. The van der Waals surface area contributed by atoms with Gasteiger partial charge in [-0.2, -0.15) is 4.98 Å². The Morgan fingerprint density at radius 1 is 1.09 bits per heavy atom. The number of nitrogens with zero attached hydrogens (tertiary/aromatic N) is 4. The first kappa shape index (κ1) is 21.0. The number of ether oxygens (including phenoxy) is 2. The molecule has 0 radical (unpaired) electrons. The molecular weight excluding hydrogens is 408 g/mol. The van der Waals surface area contributed by atoms with Crippen molar-refractivity contribution in [2.45, 2.75) is 38.1 Å². The number of carbonyl (C=O) groups is 1. The number of aromatic nitrogens is 3. The van der Waals surface area contributed by atoms with Gasteiger partial charge in [-0.1, -0.05) is 29.4 Å². The Morgan fingerprint density at radius 2 is 1.97 bits per heavy atom. The fraction of sp³-hybridized carbons (Fsp3) is 0.500. The number of rotatable bonds is 7. The van der Waals surface area contributed by atoms with Crippen LogP contribution in [0.2, 0.25) is 0 Å². The summed E-state index contributed by atoms with van der Waals surface area (Å²) in [6.07, 6.45) is 4.42. The maximum Gasteiger partial charge on any atom is 0.273 e. The molecule has 0 N–H and O–H groups in total. The van der Waals surface area contributed by atoms with Crippen molar-refractivity contribution >= 4 is 16.8 Å². The molecule has 2 fully saturated rings. The maximum absolute atomic E-state index is 13.2. The van der Waals surface area contributed by atoms with Gasteiger partial charge in [0.05, 0.1) is 12.1 Å². The summed E-state index contributed by atoms with van der Waals surface area (Å²) in [5.41, 5.74) is 1.26. The Hall–Kier alpha value is -2.84. The lowest BCUT2D eigenvalue weighted by atomic mass is 10.0. The predicted octanol–water partition coefficient (Wildman–Crippen LogP) is 3.58. The molecule has 2 aromatic heterocycles. The molecule has 1 atom stereocenters. The van der Waals surface area contributed by atoms with Crippen LogP contribution in [0.4, 0.5) is 0 Å². The van der Waals surface area contributed by atoms with Crippen molar-refractivity contribution in [2.24, 2.45) is 5.92 Å². The number of likely N-dealkylation sites (tertiary alicyclic amines) is 1. The molecule has 4 heterocycles. The van der Waals surface area contributed by atoms with Crippen molar-refractivity contribution in [1.29, 1.82) is 0 Å². The Balaban J connectivity index is 1.19. The average Bonchev–Trinajstić information content (AvgIpc) is 3.51. The van der Waals surface area contributed by atoms with Crippen LogP contribution < -0.4 is 0 Å². The minimum absolute atomic E-state index is 0.0993. The summed E-state index contributed by atoms with van der Waals surface area (Å²) >= 11 is 0. The molecule has 1 aromatic carbocycles. The molecule has 0 bridgehead atoms. The molecule has 8 heteroatoms. The van der Waals surface area contributed by atoms with Crippen molar-refractivity contribution in [3.8, 4) is 0 Å². The van der Waals surface area contributed by atoms with E-state index < -0.39 is 0 Å². The van der Waals surface area contributed by atoms with Crippen LogP contribution in [0.1, 0.15) is 53.9 Å². The minimum Gasteiger partial charge on any atom is -0.381 e. The van der Waals surface area contributed by atoms with E-state index >= 15 is 0 Å². The zero-order chi connectivity index (χ0) is 21.8. The molecule has 5 rings (SSSR count). The van der Waals surface area contributed by atoms with Gasteiger partial charge in [0, 0.05) is 38.2 Å². The van der Waals surface area contributed by atoms with Gasteiger partial charge in [0.2, 0.25) is 5.89 Å². The molecule has 168 valence electrons. The van der Waals surface area contributed by atoms with E-state index in [0.29, 0.717) is 42.9 Å². The van der Waals surface area contributed by atoms with Gasteiger partial charge in [-0.05, 0) is 43.7 Å². The Labute approximate surface area is 186 Å². The molecule has 0 aliphatic carbocycles. The fourth-order valence-corrected chi connectivity index (χ4v) is 4.43. The van der Waals surface area contributed by atoms with E-state index in [-0.39, 0.29) is 11.9 Å². The zero-order valence-corrected chi connectivity index (χ0v) is 18.1. The number of amides is 1. The van der Waals surface area contributed by atoms with Gasteiger partial charge >= 0.3 is 0 Å². The fourth-order valence-electron chi connectivity index (χ4n) is 4.43. The van der Waals surface area contributed by atoms with Crippen LogP contribution >= 0.6 is 0 Å². The molecular formula is C24H28N4O4. The largest absolute Gasteiger partial charge is 0.381 e. The maximum atomic E-state index is 13.2. The number of para-hydroxylation sites is 1. The monoisotopic (exact) mass is 436 g/mol. The number of benzene rings is 1. The topological polar surface area (TPSA) is 90.6 Å². The number of hydrogen-bond donors (Lipinski definition) is 0. The standard InChI is InChI=1S/C24H28N4O4/c29-24(20-8-7-18-4-1-2-5-19(18)25-20)28-12-3-6-21(28)23-26-22(27-32-23)11-15-31-16-17-9-13-30-14-10-17/h1-2,4-5,7-8,17,21H,3,6,9-16H2. The van der Waals surface area contributed by atoms with Gasteiger partial charge in [0.15, 0.2) is 5.82 Å². The van der Waals surface area contributed by atoms with Crippen molar-refractivity contribution < 1.29 is 18.8 Å². The van der Waals surface area contributed by atoms with Crippen LogP contribution in [-0.4, -0.2) is 58.9 Å². The summed E-state index contributed by atoms with van der Waals surface area (Å²) in [6.45, 7) is 3.62. The molecule has 0 spiro atoms. The van der Waals surface area contributed by atoms with Crippen LogP contribution in [0.5, 0.6) is 0 Å². The summed E-state index contributed by atoms with van der Waals surface area (Å²) in [5.74, 6) is 1.59. The molecule has 32 heavy (non-hydrogen) atoms. The normalized spacial score (nSPS) is 19.6. The highest BCUT2D eigenvalue weighted by molar-refractivity contribution is 5.95. The predicted molar refractivity (Wildman–Crippen MR) is 117 cm³/mol. The highest BCUT2D eigenvalue weighted by Crippen LogP contribution is 2.32. The van der Waals surface area contributed by atoms with E-state index in [1.54, 1.807) is 11.0 Å². The van der Waals surface area contributed by atoms with Gasteiger partial charge in [-0.3, -0.25) is 4.79 Å². The molecule has 0 saturated carbocycles. The van der Waals surface area contributed by atoms with Crippen LogP contribution in [0.15, 0.2) is 40.9 Å². The lowest BCUT2D eigenvalue weighted by Crippen LogP contribution is -2.31. The van der Waals surface area contributed by atoms with Crippen LogP contribution in [0.3, 0.4) is 0 Å². The molecule has 2 aliphatic rings. The lowest BCUT2D eigenvalue weighted by Gasteiger charge is -2.21. The van der Waals surface area contributed by atoms with Gasteiger partial charge in [0.25, 0.3) is 5.91 Å². The van der Waals surface area contributed by atoms with Gasteiger partial charge in [-0.25, -0.2) is 4.98 Å². The smallest absolute Gasteiger partial charge is 0.273 e. The van der Waals surface area contributed by atoms with E-state index in [2.05, 4.69) is 15.1 Å². The summed E-state index contributed by atoms with van der Waals surface area (Å²) in [6, 6.07) is 11.3. The van der Waals surface area contributed by atoms with Gasteiger partial charge in [-0.15, -0.1) is 0 Å². The SMILES string of the molecule is O=C(c1ccc2ccccc2n1)N1CCCC1c1nc(CCOCC2CCOCC2)no1.